The molecule has 17 heavy (non-hydrogen) atoms. The van der Waals surface area contributed by atoms with Crippen LogP contribution >= 0.6 is 11.3 Å². The summed E-state index contributed by atoms with van der Waals surface area (Å²) in [4.78, 5) is 11.4. The summed E-state index contributed by atoms with van der Waals surface area (Å²) in [6, 6.07) is 1.86. The van der Waals surface area contributed by atoms with E-state index in [4.69, 9.17) is 4.74 Å². The molecule has 0 fully saturated rings. The van der Waals surface area contributed by atoms with Gasteiger partial charge in [-0.3, -0.25) is 4.79 Å². The second kappa shape index (κ2) is 8.22. The van der Waals surface area contributed by atoms with Crippen LogP contribution < -0.4 is 5.32 Å². The average molecular weight is 257 g/mol. The number of hydrogen-bond donors (Lipinski definition) is 2. The minimum atomic E-state index is -0.614. The van der Waals surface area contributed by atoms with Crippen molar-refractivity contribution in [3.8, 4) is 0 Å². The van der Waals surface area contributed by atoms with Crippen LogP contribution in [-0.4, -0.2) is 30.8 Å². The topological polar surface area (TPSA) is 58.6 Å². The summed E-state index contributed by atoms with van der Waals surface area (Å²) in [5, 5.41) is 16.2. The van der Waals surface area contributed by atoms with Gasteiger partial charge in [0, 0.05) is 26.2 Å². The Morgan fingerprint density at radius 3 is 3.12 bits per heavy atom. The number of carbonyl (C=O) groups excluding carboxylic acids is 1. The molecule has 5 heteroatoms. The van der Waals surface area contributed by atoms with Crippen LogP contribution in [0.4, 0.5) is 0 Å². The number of thiophene rings is 1. The zero-order valence-electron chi connectivity index (χ0n) is 10.0. The molecular weight excluding hydrogens is 238 g/mol. The van der Waals surface area contributed by atoms with E-state index >= 15 is 0 Å². The molecule has 4 nitrogen and oxygen atoms in total. The molecule has 0 bridgehead atoms. The van der Waals surface area contributed by atoms with E-state index in [2.05, 4.69) is 5.32 Å². The number of hydrogen-bond acceptors (Lipinski definition) is 4. The molecule has 1 amide bonds. The van der Waals surface area contributed by atoms with Crippen molar-refractivity contribution in [3.05, 3.63) is 22.4 Å². The highest BCUT2D eigenvalue weighted by Gasteiger charge is 2.09. The Morgan fingerprint density at radius 1 is 1.65 bits per heavy atom. The van der Waals surface area contributed by atoms with Crippen molar-refractivity contribution in [1.82, 2.24) is 5.32 Å². The number of nitrogens with one attached hydrogen (secondary N) is 1. The number of aliphatic hydroxyl groups is 1. The second-order valence-corrected chi connectivity index (χ2v) is 4.46. The first kappa shape index (κ1) is 14.2. The van der Waals surface area contributed by atoms with Gasteiger partial charge in [-0.2, -0.15) is 11.3 Å². The highest BCUT2D eigenvalue weighted by molar-refractivity contribution is 7.07. The van der Waals surface area contributed by atoms with Gasteiger partial charge in [0.15, 0.2) is 0 Å². The SMILES string of the molecule is CCOCCCC(=O)NCC(O)c1ccsc1. The molecule has 0 aliphatic rings. The van der Waals surface area contributed by atoms with Gasteiger partial charge in [0.2, 0.25) is 5.91 Å². The highest BCUT2D eigenvalue weighted by atomic mass is 32.1. The predicted octanol–water partition coefficient (Wildman–Crippen LogP) is 1.71. The number of aliphatic hydroxyl groups excluding tert-OH is 1. The summed E-state index contributed by atoms with van der Waals surface area (Å²) in [5.74, 6) is -0.0426. The van der Waals surface area contributed by atoms with E-state index in [0.717, 1.165) is 5.56 Å². The lowest BCUT2D eigenvalue weighted by atomic mass is 10.2. The van der Waals surface area contributed by atoms with Crippen molar-refractivity contribution in [2.75, 3.05) is 19.8 Å². The molecule has 0 aliphatic carbocycles. The van der Waals surface area contributed by atoms with Crippen LogP contribution in [0.2, 0.25) is 0 Å². The standard InChI is InChI=1S/C12H19NO3S/c1-2-16-6-3-4-12(15)13-8-11(14)10-5-7-17-9-10/h5,7,9,11,14H,2-4,6,8H2,1H3,(H,13,15). The van der Waals surface area contributed by atoms with Gasteiger partial charge in [-0.1, -0.05) is 0 Å². The molecule has 1 heterocycles. The van der Waals surface area contributed by atoms with Gasteiger partial charge in [-0.15, -0.1) is 0 Å². The molecule has 0 saturated carbocycles. The van der Waals surface area contributed by atoms with E-state index in [-0.39, 0.29) is 12.5 Å². The van der Waals surface area contributed by atoms with E-state index in [1.165, 1.54) is 11.3 Å². The summed E-state index contributed by atoms with van der Waals surface area (Å²) in [5.41, 5.74) is 0.851. The third-order valence-electron chi connectivity index (χ3n) is 2.32. The van der Waals surface area contributed by atoms with Crippen LogP contribution in [0.5, 0.6) is 0 Å². The van der Waals surface area contributed by atoms with Crippen molar-refractivity contribution < 1.29 is 14.6 Å². The zero-order valence-corrected chi connectivity index (χ0v) is 10.8. The fourth-order valence-corrected chi connectivity index (χ4v) is 2.07. The highest BCUT2D eigenvalue weighted by Crippen LogP contribution is 2.14. The molecule has 1 aromatic heterocycles. The Bertz CT molecular complexity index is 314. The summed E-state index contributed by atoms with van der Waals surface area (Å²) in [6.07, 6.45) is 0.544. The van der Waals surface area contributed by atoms with E-state index in [0.29, 0.717) is 26.1 Å². The summed E-state index contributed by atoms with van der Waals surface area (Å²) in [7, 11) is 0. The lowest BCUT2D eigenvalue weighted by Gasteiger charge is -2.10. The molecule has 2 N–H and O–H groups in total. The molecule has 0 radical (unpaired) electrons. The van der Waals surface area contributed by atoms with E-state index in [1.807, 2.05) is 23.8 Å². The van der Waals surface area contributed by atoms with Gasteiger partial charge in [0.25, 0.3) is 0 Å². The van der Waals surface area contributed by atoms with Crippen LogP contribution in [0, 0.1) is 0 Å². The molecule has 0 aromatic carbocycles. The Labute approximate surface area is 106 Å². The first-order chi connectivity index (χ1) is 8.24. The molecule has 1 unspecified atom stereocenters. The Balaban J connectivity index is 2.11. The van der Waals surface area contributed by atoms with E-state index < -0.39 is 6.10 Å². The Kier molecular flexibility index (Phi) is 6.84. The van der Waals surface area contributed by atoms with Crippen LogP contribution in [0.25, 0.3) is 0 Å². The molecule has 0 spiro atoms. The Morgan fingerprint density at radius 2 is 2.47 bits per heavy atom. The number of carbonyl (C=O) groups is 1. The minimum Gasteiger partial charge on any atom is -0.387 e. The van der Waals surface area contributed by atoms with Crippen LogP contribution in [0.3, 0.4) is 0 Å². The maximum Gasteiger partial charge on any atom is 0.220 e. The monoisotopic (exact) mass is 257 g/mol. The maximum atomic E-state index is 11.4. The smallest absolute Gasteiger partial charge is 0.220 e. The quantitative estimate of drug-likeness (QED) is 0.697. The molecule has 0 aliphatic heterocycles. The lowest BCUT2D eigenvalue weighted by molar-refractivity contribution is -0.121. The lowest BCUT2D eigenvalue weighted by Crippen LogP contribution is -2.28. The first-order valence-electron chi connectivity index (χ1n) is 5.78. The third kappa shape index (κ3) is 5.81. The average Bonchev–Trinajstić information content (AvgIpc) is 2.85. The normalized spacial score (nSPS) is 12.4. The third-order valence-corrected chi connectivity index (χ3v) is 3.02. The van der Waals surface area contributed by atoms with Gasteiger partial charge in [0.1, 0.15) is 0 Å². The van der Waals surface area contributed by atoms with E-state index in [9.17, 15) is 9.90 Å². The molecule has 1 aromatic rings. The van der Waals surface area contributed by atoms with Gasteiger partial charge in [-0.05, 0) is 35.7 Å². The van der Waals surface area contributed by atoms with Gasteiger partial charge >= 0.3 is 0 Å². The van der Waals surface area contributed by atoms with Crippen molar-refractivity contribution in [2.45, 2.75) is 25.9 Å². The summed E-state index contributed by atoms with van der Waals surface area (Å²) in [6.45, 7) is 3.48. The molecule has 96 valence electrons. The van der Waals surface area contributed by atoms with Crippen molar-refractivity contribution in [3.63, 3.8) is 0 Å². The predicted molar refractivity (Wildman–Crippen MR) is 68.0 cm³/mol. The Hall–Kier alpha value is -0.910. The van der Waals surface area contributed by atoms with Crippen LogP contribution in [-0.2, 0) is 9.53 Å². The number of amides is 1. The zero-order chi connectivity index (χ0) is 12.5. The molecule has 1 rings (SSSR count). The van der Waals surface area contributed by atoms with Gasteiger partial charge in [-0.25, -0.2) is 0 Å². The number of ether oxygens (including phenoxy) is 1. The largest absolute Gasteiger partial charge is 0.387 e. The molecular formula is C12H19NO3S. The van der Waals surface area contributed by atoms with Gasteiger partial charge in [0.05, 0.1) is 6.10 Å². The fraction of sp³-hybridized carbons (Fsp3) is 0.583. The first-order valence-corrected chi connectivity index (χ1v) is 6.73. The second-order valence-electron chi connectivity index (χ2n) is 3.68. The maximum absolute atomic E-state index is 11.4. The van der Waals surface area contributed by atoms with Crippen LogP contribution in [0.1, 0.15) is 31.4 Å². The van der Waals surface area contributed by atoms with Gasteiger partial charge < -0.3 is 15.2 Å². The van der Waals surface area contributed by atoms with Crippen LogP contribution in [0.15, 0.2) is 16.8 Å². The van der Waals surface area contributed by atoms with Crippen molar-refractivity contribution >= 4 is 17.2 Å². The fourth-order valence-electron chi connectivity index (χ4n) is 1.36. The molecule has 0 saturated heterocycles. The van der Waals surface area contributed by atoms with Crippen molar-refractivity contribution in [2.24, 2.45) is 0 Å². The summed E-state index contributed by atoms with van der Waals surface area (Å²) < 4.78 is 5.14. The molecule has 1 atom stereocenters. The van der Waals surface area contributed by atoms with E-state index in [1.54, 1.807) is 0 Å². The minimum absolute atomic E-state index is 0.0426. The van der Waals surface area contributed by atoms with Crippen molar-refractivity contribution in [1.29, 1.82) is 0 Å². The number of rotatable bonds is 8. The summed E-state index contributed by atoms with van der Waals surface area (Å²) >= 11 is 1.53.